The summed E-state index contributed by atoms with van der Waals surface area (Å²) in [5.74, 6) is 0. The van der Waals surface area contributed by atoms with Gasteiger partial charge in [0.25, 0.3) is 0 Å². The lowest BCUT2D eigenvalue weighted by molar-refractivity contribution is 0.0200. The van der Waals surface area contributed by atoms with Crippen LogP contribution in [0.4, 0.5) is 0 Å². The van der Waals surface area contributed by atoms with Gasteiger partial charge in [-0.25, -0.2) is 0 Å². The number of rotatable bonds is 2. The van der Waals surface area contributed by atoms with Gasteiger partial charge in [0, 0.05) is 13.1 Å². The van der Waals surface area contributed by atoms with Gasteiger partial charge in [0.2, 0.25) is 0 Å². The summed E-state index contributed by atoms with van der Waals surface area (Å²) in [5.41, 5.74) is 0.854. The fourth-order valence-corrected chi connectivity index (χ4v) is 1.47. The Morgan fingerprint density at radius 3 is 2.36 bits per heavy atom. The maximum atomic E-state index is 9.58. The molecule has 1 saturated heterocycles. The Bertz CT molecular complexity index is 138. The maximum Gasteiger partial charge on any atom is 0.128 e. The third-order valence-electron chi connectivity index (χ3n) is 2.18. The maximum absolute atomic E-state index is 9.58. The van der Waals surface area contributed by atoms with Crippen molar-refractivity contribution < 1.29 is 5.11 Å². The van der Waals surface area contributed by atoms with Crippen LogP contribution in [-0.4, -0.2) is 29.3 Å². The van der Waals surface area contributed by atoms with Gasteiger partial charge in [-0.2, -0.15) is 0 Å². The second-order valence-electron chi connectivity index (χ2n) is 3.32. The van der Waals surface area contributed by atoms with Gasteiger partial charge in [0.15, 0.2) is 0 Å². The average Bonchev–Trinajstić information content (AvgIpc) is 2.05. The van der Waals surface area contributed by atoms with E-state index in [4.69, 9.17) is 0 Å². The van der Waals surface area contributed by atoms with Gasteiger partial charge in [0.1, 0.15) is 6.23 Å². The molecule has 1 unspecified atom stereocenters. The van der Waals surface area contributed by atoms with Gasteiger partial charge >= 0.3 is 0 Å². The van der Waals surface area contributed by atoms with E-state index in [0.29, 0.717) is 0 Å². The second kappa shape index (κ2) is 3.88. The molecule has 0 aromatic rings. The van der Waals surface area contributed by atoms with E-state index in [9.17, 15) is 5.11 Å². The van der Waals surface area contributed by atoms with Gasteiger partial charge in [-0.1, -0.05) is 13.0 Å². The minimum Gasteiger partial charge on any atom is -0.374 e. The summed E-state index contributed by atoms with van der Waals surface area (Å²) in [6.45, 7) is 7.66. The van der Waals surface area contributed by atoms with Crippen molar-refractivity contribution in [2.24, 2.45) is 0 Å². The highest BCUT2D eigenvalue weighted by Gasteiger charge is 2.17. The highest BCUT2D eigenvalue weighted by molar-refractivity contribution is 4.96. The van der Waals surface area contributed by atoms with E-state index in [0.717, 1.165) is 18.7 Å². The largest absolute Gasteiger partial charge is 0.374 e. The molecule has 1 heterocycles. The molecule has 0 radical (unpaired) electrons. The van der Waals surface area contributed by atoms with Crippen molar-refractivity contribution in [1.82, 2.24) is 4.90 Å². The van der Waals surface area contributed by atoms with E-state index >= 15 is 0 Å². The fraction of sp³-hybridized carbons (Fsp3) is 0.778. The van der Waals surface area contributed by atoms with Crippen LogP contribution in [0.1, 0.15) is 26.2 Å². The van der Waals surface area contributed by atoms with Crippen molar-refractivity contribution in [3.8, 4) is 0 Å². The molecular weight excluding hydrogens is 138 g/mol. The highest BCUT2D eigenvalue weighted by Crippen LogP contribution is 2.13. The smallest absolute Gasteiger partial charge is 0.128 e. The van der Waals surface area contributed by atoms with Gasteiger partial charge < -0.3 is 5.11 Å². The fourth-order valence-electron chi connectivity index (χ4n) is 1.47. The van der Waals surface area contributed by atoms with Gasteiger partial charge in [0.05, 0.1) is 0 Å². The van der Waals surface area contributed by atoms with E-state index in [-0.39, 0.29) is 0 Å². The van der Waals surface area contributed by atoms with Crippen molar-refractivity contribution in [3.05, 3.63) is 12.2 Å². The number of aliphatic hydroxyl groups is 1. The van der Waals surface area contributed by atoms with Crippen LogP contribution >= 0.6 is 0 Å². The lowest BCUT2D eigenvalue weighted by Gasteiger charge is -2.31. The lowest BCUT2D eigenvalue weighted by atomic mass is 10.1. The van der Waals surface area contributed by atoms with E-state index in [1.54, 1.807) is 0 Å². The molecule has 2 heteroatoms. The lowest BCUT2D eigenvalue weighted by Crippen LogP contribution is -2.39. The predicted octanol–water partition coefficient (Wildman–Crippen LogP) is 1.37. The molecule has 0 spiro atoms. The molecule has 1 aliphatic rings. The summed E-state index contributed by atoms with van der Waals surface area (Å²) < 4.78 is 0. The van der Waals surface area contributed by atoms with Crippen LogP contribution in [-0.2, 0) is 0 Å². The Morgan fingerprint density at radius 1 is 1.36 bits per heavy atom. The standard InChI is InChI=1S/C9H17NO/c1-8(2)9(11)10-6-4-3-5-7-10/h9,11H,1,3-7H2,2H3. The number of aliphatic hydroxyl groups excluding tert-OH is 1. The summed E-state index contributed by atoms with van der Waals surface area (Å²) in [7, 11) is 0. The summed E-state index contributed by atoms with van der Waals surface area (Å²) in [4.78, 5) is 2.09. The highest BCUT2D eigenvalue weighted by atomic mass is 16.3. The first-order valence-electron chi connectivity index (χ1n) is 4.29. The third kappa shape index (κ3) is 2.31. The minimum atomic E-state index is -0.407. The topological polar surface area (TPSA) is 23.5 Å². The molecule has 0 saturated carbocycles. The third-order valence-corrected chi connectivity index (χ3v) is 2.18. The number of hydrogen-bond acceptors (Lipinski definition) is 2. The van der Waals surface area contributed by atoms with E-state index in [2.05, 4.69) is 11.5 Å². The first-order valence-corrected chi connectivity index (χ1v) is 4.29. The van der Waals surface area contributed by atoms with Crippen LogP contribution < -0.4 is 0 Å². The van der Waals surface area contributed by atoms with E-state index in [1.165, 1.54) is 19.3 Å². The van der Waals surface area contributed by atoms with Crippen LogP contribution in [0.15, 0.2) is 12.2 Å². The molecular formula is C9H17NO. The second-order valence-corrected chi connectivity index (χ2v) is 3.32. The molecule has 0 aromatic heterocycles. The number of likely N-dealkylation sites (tertiary alicyclic amines) is 1. The quantitative estimate of drug-likeness (QED) is 0.609. The van der Waals surface area contributed by atoms with Crippen molar-refractivity contribution in [1.29, 1.82) is 0 Å². The zero-order valence-corrected chi connectivity index (χ0v) is 7.21. The van der Waals surface area contributed by atoms with Gasteiger partial charge in [-0.15, -0.1) is 0 Å². The zero-order valence-electron chi connectivity index (χ0n) is 7.21. The first kappa shape index (κ1) is 8.75. The molecule has 1 fully saturated rings. The Balaban J connectivity index is 2.38. The van der Waals surface area contributed by atoms with Gasteiger partial charge in [-0.3, -0.25) is 4.90 Å². The first-order chi connectivity index (χ1) is 5.22. The minimum absolute atomic E-state index is 0.407. The van der Waals surface area contributed by atoms with Crippen molar-refractivity contribution in [3.63, 3.8) is 0 Å². The summed E-state index contributed by atoms with van der Waals surface area (Å²) in [6.07, 6.45) is 3.32. The summed E-state index contributed by atoms with van der Waals surface area (Å²) >= 11 is 0. The van der Waals surface area contributed by atoms with Crippen molar-refractivity contribution in [2.45, 2.75) is 32.4 Å². The van der Waals surface area contributed by atoms with E-state index in [1.807, 2.05) is 6.92 Å². The van der Waals surface area contributed by atoms with Crippen LogP contribution in [0.5, 0.6) is 0 Å². The molecule has 0 aliphatic carbocycles. The molecule has 11 heavy (non-hydrogen) atoms. The molecule has 1 rings (SSSR count). The Kier molecular flexibility index (Phi) is 3.09. The molecule has 0 amide bonds. The monoisotopic (exact) mass is 155 g/mol. The molecule has 1 atom stereocenters. The number of hydrogen-bond donors (Lipinski definition) is 1. The SMILES string of the molecule is C=C(C)C(O)N1CCCCC1. The van der Waals surface area contributed by atoms with Crippen LogP contribution in [0, 0.1) is 0 Å². The summed E-state index contributed by atoms with van der Waals surface area (Å²) in [5, 5.41) is 9.58. The number of nitrogens with zero attached hydrogens (tertiary/aromatic N) is 1. The van der Waals surface area contributed by atoms with Gasteiger partial charge in [-0.05, 0) is 25.3 Å². The molecule has 1 N–H and O–H groups in total. The average molecular weight is 155 g/mol. The van der Waals surface area contributed by atoms with Crippen molar-refractivity contribution in [2.75, 3.05) is 13.1 Å². The molecule has 2 nitrogen and oxygen atoms in total. The van der Waals surface area contributed by atoms with Crippen LogP contribution in [0.25, 0.3) is 0 Å². The Hall–Kier alpha value is -0.340. The Morgan fingerprint density at radius 2 is 1.91 bits per heavy atom. The van der Waals surface area contributed by atoms with E-state index < -0.39 is 6.23 Å². The van der Waals surface area contributed by atoms with Crippen molar-refractivity contribution >= 4 is 0 Å². The summed E-state index contributed by atoms with van der Waals surface area (Å²) in [6, 6.07) is 0. The molecule has 0 bridgehead atoms. The van der Waals surface area contributed by atoms with Crippen LogP contribution in [0.3, 0.4) is 0 Å². The predicted molar refractivity (Wildman–Crippen MR) is 46.2 cm³/mol. The molecule has 0 aromatic carbocycles. The number of piperidine rings is 1. The molecule has 64 valence electrons. The zero-order chi connectivity index (χ0) is 8.27. The Labute approximate surface area is 68.5 Å². The molecule has 1 aliphatic heterocycles. The van der Waals surface area contributed by atoms with Crippen LogP contribution in [0.2, 0.25) is 0 Å². The normalized spacial score (nSPS) is 23.1.